The van der Waals surface area contributed by atoms with Crippen LogP contribution < -0.4 is 16.4 Å². The van der Waals surface area contributed by atoms with Gasteiger partial charge in [0.25, 0.3) is 0 Å². The van der Waals surface area contributed by atoms with Crippen LogP contribution in [0, 0.1) is 5.82 Å². The van der Waals surface area contributed by atoms with E-state index in [1.54, 1.807) is 0 Å². The second kappa shape index (κ2) is 7.15. The fourth-order valence-electron chi connectivity index (χ4n) is 3.50. The minimum Gasteiger partial charge on any atom is -0.368 e. The summed E-state index contributed by atoms with van der Waals surface area (Å²) >= 11 is 0. The molecule has 3 aromatic carbocycles. The monoisotopic (exact) mass is 375 g/mol. The Labute approximate surface area is 161 Å². The maximum atomic E-state index is 13.1. The van der Waals surface area contributed by atoms with E-state index in [-0.39, 0.29) is 0 Å². The van der Waals surface area contributed by atoms with E-state index in [2.05, 4.69) is 22.8 Å². The van der Waals surface area contributed by atoms with Crippen LogP contribution in [0.4, 0.5) is 14.9 Å². The van der Waals surface area contributed by atoms with Gasteiger partial charge in [-0.25, -0.2) is 9.18 Å². The highest BCUT2D eigenvalue weighted by Crippen LogP contribution is 2.37. The molecule has 6 heteroatoms. The van der Waals surface area contributed by atoms with E-state index in [1.165, 1.54) is 35.4 Å². The molecule has 28 heavy (non-hydrogen) atoms. The summed E-state index contributed by atoms with van der Waals surface area (Å²) in [5.41, 5.74) is 11.2. The Morgan fingerprint density at radius 3 is 2.39 bits per heavy atom. The highest BCUT2D eigenvalue weighted by Gasteiger charge is 2.21. The molecule has 0 saturated carbocycles. The molecule has 4 rings (SSSR count). The normalized spacial score (nSPS) is 12.6. The Balaban J connectivity index is 1.48. The number of amides is 3. The number of benzene rings is 3. The smallest absolute Gasteiger partial charge is 0.320 e. The molecule has 3 amide bonds. The van der Waals surface area contributed by atoms with Crippen LogP contribution in [0.3, 0.4) is 0 Å². The number of carbonyl (C=O) groups is 2. The van der Waals surface area contributed by atoms with Gasteiger partial charge < -0.3 is 16.4 Å². The second-order valence-corrected chi connectivity index (χ2v) is 6.69. The largest absolute Gasteiger partial charge is 0.368 e. The number of hydrogen-bond acceptors (Lipinski definition) is 2. The van der Waals surface area contributed by atoms with Crippen LogP contribution in [0.2, 0.25) is 0 Å². The van der Waals surface area contributed by atoms with E-state index in [4.69, 9.17) is 5.73 Å². The van der Waals surface area contributed by atoms with Crippen LogP contribution in [0.5, 0.6) is 0 Å². The number of hydrogen-bond donors (Lipinski definition) is 3. The third-order valence-electron chi connectivity index (χ3n) is 4.81. The third-order valence-corrected chi connectivity index (χ3v) is 4.81. The molecule has 4 N–H and O–H groups in total. The molecule has 0 aromatic heterocycles. The molecule has 0 bridgehead atoms. The maximum absolute atomic E-state index is 13.1. The second-order valence-electron chi connectivity index (χ2n) is 6.69. The molecule has 0 aliphatic heterocycles. The lowest BCUT2D eigenvalue weighted by Gasteiger charge is -2.17. The summed E-state index contributed by atoms with van der Waals surface area (Å²) in [5, 5.41) is 5.27. The van der Waals surface area contributed by atoms with Crippen molar-refractivity contribution in [2.24, 2.45) is 5.73 Å². The first-order chi connectivity index (χ1) is 13.5. The molecule has 1 unspecified atom stereocenters. The molecule has 0 fully saturated rings. The lowest BCUT2D eigenvalue weighted by Crippen LogP contribution is -2.39. The zero-order chi connectivity index (χ0) is 19.7. The molecule has 3 aromatic rings. The predicted molar refractivity (Wildman–Crippen MR) is 105 cm³/mol. The van der Waals surface area contributed by atoms with Crippen molar-refractivity contribution in [3.05, 3.63) is 89.2 Å². The van der Waals surface area contributed by atoms with Gasteiger partial charge in [-0.3, -0.25) is 4.79 Å². The zero-order valence-electron chi connectivity index (χ0n) is 14.9. The quantitative estimate of drug-likeness (QED) is 0.508. The van der Waals surface area contributed by atoms with Gasteiger partial charge in [-0.15, -0.1) is 0 Å². The summed E-state index contributed by atoms with van der Waals surface area (Å²) < 4.78 is 13.1. The van der Waals surface area contributed by atoms with E-state index in [0.717, 1.165) is 17.5 Å². The van der Waals surface area contributed by atoms with E-state index in [0.29, 0.717) is 11.3 Å². The fraction of sp³-hybridized carbons (Fsp3) is 0.0909. The number of carbonyl (C=O) groups excluding carboxylic acids is 2. The maximum Gasteiger partial charge on any atom is 0.320 e. The van der Waals surface area contributed by atoms with Crippen LogP contribution in [-0.2, 0) is 11.2 Å². The van der Waals surface area contributed by atoms with Crippen molar-refractivity contribution >= 4 is 17.6 Å². The Morgan fingerprint density at radius 2 is 1.64 bits per heavy atom. The molecule has 1 atom stereocenters. The fourth-order valence-corrected chi connectivity index (χ4v) is 3.50. The SMILES string of the molecule is NC(=O)C(NC(=O)Nc1ccc2c(c1)Cc1ccccc1-2)c1ccc(F)cc1. The molecule has 0 heterocycles. The first-order valence-corrected chi connectivity index (χ1v) is 8.85. The number of urea groups is 1. The van der Waals surface area contributed by atoms with Crippen LogP contribution in [0.1, 0.15) is 22.7 Å². The van der Waals surface area contributed by atoms with Gasteiger partial charge >= 0.3 is 6.03 Å². The Kier molecular flexibility index (Phi) is 4.53. The standard InChI is InChI=1S/C22H18FN3O2/c23-16-7-5-13(6-8-16)20(21(24)27)26-22(28)25-17-9-10-19-15(12-17)11-14-3-1-2-4-18(14)19/h1-10,12,20H,11H2,(H2,24,27)(H2,25,26,28). The van der Waals surface area contributed by atoms with Gasteiger partial charge in [-0.2, -0.15) is 0 Å². The minimum absolute atomic E-state index is 0.411. The molecular weight excluding hydrogens is 357 g/mol. The number of rotatable bonds is 4. The Bertz CT molecular complexity index is 1060. The van der Waals surface area contributed by atoms with Crippen molar-refractivity contribution in [3.8, 4) is 11.1 Å². The number of nitrogens with one attached hydrogen (secondary N) is 2. The Hall–Kier alpha value is -3.67. The molecule has 0 radical (unpaired) electrons. The zero-order valence-corrected chi connectivity index (χ0v) is 14.9. The minimum atomic E-state index is -1.06. The van der Waals surface area contributed by atoms with Crippen molar-refractivity contribution in [1.29, 1.82) is 0 Å². The van der Waals surface area contributed by atoms with Gasteiger partial charge in [0.05, 0.1) is 0 Å². The lowest BCUT2D eigenvalue weighted by atomic mass is 10.1. The Morgan fingerprint density at radius 1 is 0.929 bits per heavy atom. The van der Waals surface area contributed by atoms with Gasteiger partial charge in [-0.1, -0.05) is 42.5 Å². The molecule has 5 nitrogen and oxygen atoms in total. The average Bonchev–Trinajstić information content (AvgIpc) is 3.04. The predicted octanol–water partition coefficient (Wildman–Crippen LogP) is 3.75. The molecule has 140 valence electrons. The molecule has 0 spiro atoms. The molecular formula is C22H18FN3O2. The van der Waals surface area contributed by atoms with Crippen LogP contribution in [0.25, 0.3) is 11.1 Å². The van der Waals surface area contributed by atoms with Gasteiger partial charge in [0.15, 0.2) is 0 Å². The highest BCUT2D eigenvalue weighted by molar-refractivity contribution is 5.94. The number of nitrogens with two attached hydrogens (primary N) is 1. The van der Waals surface area contributed by atoms with E-state index in [1.807, 2.05) is 30.3 Å². The summed E-state index contributed by atoms with van der Waals surface area (Å²) in [7, 11) is 0. The number of primary amides is 1. The molecule has 1 aliphatic rings. The first-order valence-electron chi connectivity index (χ1n) is 8.85. The number of halogens is 1. The summed E-state index contributed by atoms with van der Waals surface area (Å²) in [6.07, 6.45) is 0.808. The van der Waals surface area contributed by atoms with Gasteiger partial charge in [0, 0.05) is 5.69 Å². The van der Waals surface area contributed by atoms with Crippen molar-refractivity contribution in [1.82, 2.24) is 5.32 Å². The number of anilines is 1. The first kappa shape index (κ1) is 17.7. The van der Waals surface area contributed by atoms with Crippen LogP contribution in [0.15, 0.2) is 66.7 Å². The van der Waals surface area contributed by atoms with Gasteiger partial charge in [0.1, 0.15) is 11.9 Å². The van der Waals surface area contributed by atoms with E-state index in [9.17, 15) is 14.0 Å². The van der Waals surface area contributed by atoms with Crippen molar-refractivity contribution in [3.63, 3.8) is 0 Å². The molecule has 0 saturated heterocycles. The van der Waals surface area contributed by atoms with Crippen molar-refractivity contribution in [2.45, 2.75) is 12.5 Å². The van der Waals surface area contributed by atoms with Crippen LogP contribution in [-0.4, -0.2) is 11.9 Å². The van der Waals surface area contributed by atoms with Crippen LogP contribution >= 0.6 is 0 Å². The third kappa shape index (κ3) is 3.44. The highest BCUT2D eigenvalue weighted by atomic mass is 19.1. The summed E-state index contributed by atoms with van der Waals surface area (Å²) in [4.78, 5) is 24.1. The summed E-state index contributed by atoms with van der Waals surface area (Å²) in [5.74, 6) is -1.17. The summed E-state index contributed by atoms with van der Waals surface area (Å²) in [6.45, 7) is 0. The van der Waals surface area contributed by atoms with Gasteiger partial charge in [0.2, 0.25) is 5.91 Å². The topological polar surface area (TPSA) is 84.2 Å². The van der Waals surface area contributed by atoms with E-state index >= 15 is 0 Å². The average molecular weight is 375 g/mol. The molecule has 1 aliphatic carbocycles. The van der Waals surface area contributed by atoms with Crippen molar-refractivity contribution in [2.75, 3.05) is 5.32 Å². The van der Waals surface area contributed by atoms with Gasteiger partial charge in [-0.05, 0) is 58.5 Å². The van der Waals surface area contributed by atoms with Crippen molar-refractivity contribution < 1.29 is 14.0 Å². The number of fused-ring (bicyclic) bond motifs is 3. The summed E-state index contributed by atoms with van der Waals surface area (Å²) in [6, 6.07) is 17.5. The van der Waals surface area contributed by atoms with E-state index < -0.39 is 23.8 Å². The lowest BCUT2D eigenvalue weighted by molar-refractivity contribution is -0.119.